The summed E-state index contributed by atoms with van der Waals surface area (Å²) in [6, 6.07) is 8.37. The fraction of sp³-hybridized carbons (Fsp3) is 0.214. The third-order valence-electron chi connectivity index (χ3n) is 2.88. The molecule has 21 heavy (non-hydrogen) atoms. The zero-order valence-corrected chi connectivity index (χ0v) is 12.4. The summed E-state index contributed by atoms with van der Waals surface area (Å²) in [5, 5.41) is 9.80. The first kappa shape index (κ1) is 15.1. The third kappa shape index (κ3) is 4.06. The molecule has 0 fully saturated rings. The average Bonchev–Trinajstić information content (AvgIpc) is 2.79. The molecule has 0 aliphatic rings. The predicted molar refractivity (Wildman–Crippen MR) is 80.4 cm³/mol. The number of anilines is 1. The van der Waals surface area contributed by atoms with Gasteiger partial charge in [0.25, 0.3) is 5.91 Å². The molecule has 0 saturated heterocycles. The number of hydrogen-bond acceptors (Lipinski definition) is 3. The minimum atomic E-state index is -0.384. The van der Waals surface area contributed by atoms with Crippen molar-refractivity contribution in [3.05, 3.63) is 46.7 Å². The molecule has 0 aliphatic carbocycles. The van der Waals surface area contributed by atoms with Crippen LogP contribution in [-0.4, -0.2) is 28.1 Å². The molecule has 0 aliphatic heterocycles. The molecule has 7 heteroatoms. The molecule has 0 spiro atoms. The van der Waals surface area contributed by atoms with Crippen molar-refractivity contribution in [2.45, 2.75) is 6.92 Å². The minimum absolute atomic E-state index is 0.128. The van der Waals surface area contributed by atoms with E-state index in [4.69, 9.17) is 11.6 Å². The molecule has 2 amide bonds. The van der Waals surface area contributed by atoms with Crippen LogP contribution in [0.3, 0.4) is 0 Å². The van der Waals surface area contributed by atoms with Crippen LogP contribution in [0.4, 0.5) is 5.69 Å². The number of rotatable bonds is 4. The lowest BCUT2D eigenvalue weighted by Crippen LogP contribution is -2.33. The number of benzene rings is 1. The Kier molecular flexibility index (Phi) is 4.59. The predicted octanol–water partition coefficient (Wildman–Crippen LogP) is 1.75. The Labute approximate surface area is 127 Å². The van der Waals surface area contributed by atoms with E-state index in [9.17, 15) is 9.59 Å². The summed E-state index contributed by atoms with van der Waals surface area (Å²) in [7, 11) is 1.75. The van der Waals surface area contributed by atoms with E-state index in [-0.39, 0.29) is 24.1 Å². The van der Waals surface area contributed by atoms with Gasteiger partial charge in [0.05, 0.1) is 6.54 Å². The first-order valence-corrected chi connectivity index (χ1v) is 6.68. The highest BCUT2D eigenvalue weighted by atomic mass is 35.5. The number of hydrogen-bond donors (Lipinski definition) is 2. The number of carbonyl (C=O) groups is 2. The molecular weight excluding hydrogens is 292 g/mol. The van der Waals surface area contributed by atoms with Crippen LogP contribution in [0.5, 0.6) is 0 Å². The van der Waals surface area contributed by atoms with Gasteiger partial charge in [0.1, 0.15) is 5.69 Å². The summed E-state index contributed by atoms with van der Waals surface area (Å²) < 4.78 is 1.60. The molecule has 0 bridgehead atoms. The normalized spacial score (nSPS) is 10.2. The number of nitrogens with one attached hydrogen (secondary N) is 2. The highest BCUT2D eigenvalue weighted by molar-refractivity contribution is 6.30. The van der Waals surface area contributed by atoms with Crippen molar-refractivity contribution in [1.82, 2.24) is 15.1 Å². The van der Waals surface area contributed by atoms with Gasteiger partial charge in [-0.05, 0) is 37.3 Å². The van der Waals surface area contributed by atoms with E-state index < -0.39 is 0 Å². The Morgan fingerprint density at radius 3 is 2.52 bits per heavy atom. The smallest absolute Gasteiger partial charge is 0.272 e. The maximum Gasteiger partial charge on any atom is 0.272 e. The monoisotopic (exact) mass is 306 g/mol. The van der Waals surface area contributed by atoms with Crippen LogP contribution in [0.25, 0.3) is 0 Å². The number of amides is 2. The van der Waals surface area contributed by atoms with E-state index in [1.54, 1.807) is 42.1 Å². The van der Waals surface area contributed by atoms with E-state index in [1.165, 1.54) is 0 Å². The van der Waals surface area contributed by atoms with Gasteiger partial charge < -0.3 is 10.6 Å². The molecule has 6 nitrogen and oxygen atoms in total. The van der Waals surface area contributed by atoms with Gasteiger partial charge in [-0.25, -0.2) is 0 Å². The van der Waals surface area contributed by atoms with E-state index in [1.807, 2.05) is 6.92 Å². The summed E-state index contributed by atoms with van der Waals surface area (Å²) in [6.45, 7) is 1.72. The first-order valence-electron chi connectivity index (χ1n) is 6.30. The Balaban J connectivity index is 1.86. The van der Waals surface area contributed by atoms with E-state index >= 15 is 0 Å². The molecule has 2 N–H and O–H groups in total. The van der Waals surface area contributed by atoms with Crippen LogP contribution in [0.1, 0.15) is 16.2 Å². The lowest BCUT2D eigenvalue weighted by molar-refractivity contribution is -0.115. The molecule has 0 saturated carbocycles. The van der Waals surface area contributed by atoms with Gasteiger partial charge in [-0.2, -0.15) is 5.10 Å². The van der Waals surface area contributed by atoms with Gasteiger partial charge in [-0.1, -0.05) is 11.6 Å². The van der Waals surface area contributed by atoms with Gasteiger partial charge in [0.2, 0.25) is 5.91 Å². The zero-order chi connectivity index (χ0) is 15.4. The van der Waals surface area contributed by atoms with Crippen LogP contribution in [0.15, 0.2) is 30.3 Å². The number of nitrogens with zero attached hydrogens (tertiary/aromatic N) is 2. The molecule has 0 atom stereocenters. The second-order valence-corrected chi connectivity index (χ2v) is 4.97. The molecule has 1 aromatic heterocycles. The quantitative estimate of drug-likeness (QED) is 0.903. The van der Waals surface area contributed by atoms with Crippen LogP contribution < -0.4 is 10.6 Å². The zero-order valence-electron chi connectivity index (χ0n) is 11.7. The lowest BCUT2D eigenvalue weighted by Gasteiger charge is -2.06. The van der Waals surface area contributed by atoms with Gasteiger partial charge in [0.15, 0.2) is 0 Å². The van der Waals surface area contributed by atoms with Crippen molar-refractivity contribution in [2.75, 3.05) is 11.9 Å². The molecule has 0 radical (unpaired) electrons. The molecule has 110 valence electrons. The minimum Gasteiger partial charge on any atom is -0.342 e. The van der Waals surface area contributed by atoms with Crippen molar-refractivity contribution in [3.63, 3.8) is 0 Å². The largest absolute Gasteiger partial charge is 0.342 e. The molecule has 1 heterocycles. The second kappa shape index (κ2) is 6.41. The molecular formula is C14H15ClN4O2. The maximum absolute atomic E-state index is 11.8. The van der Waals surface area contributed by atoms with Crippen LogP contribution in [-0.2, 0) is 11.8 Å². The fourth-order valence-corrected chi connectivity index (χ4v) is 1.79. The molecule has 1 aromatic carbocycles. The van der Waals surface area contributed by atoms with Crippen molar-refractivity contribution in [3.8, 4) is 0 Å². The van der Waals surface area contributed by atoms with Crippen molar-refractivity contribution < 1.29 is 9.59 Å². The van der Waals surface area contributed by atoms with Crippen molar-refractivity contribution >= 4 is 29.1 Å². The van der Waals surface area contributed by atoms with E-state index in [2.05, 4.69) is 15.7 Å². The van der Waals surface area contributed by atoms with Crippen LogP contribution in [0.2, 0.25) is 5.02 Å². The number of carbonyl (C=O) groups excluding carboxylic acids is 2. The molecule has 2 aromatic rings. The molecule has 2 rings (SSSR count). The average molecular weight is 307 g/mol. The summed E-state index contributed by atoms with van der Waals surface area (Å²) in [4.78, 5) is 23.5. The van der Waals surface area contributed by atoms with Crippen LogP contribution in [0, 0.1) is 6.92 Å². The van der Waals surface area contributed by atoms with Crippen molar-refractivity contribution in [2.24, 2.45) is 7.05 Å². The maximum atomic E-state index is 11.8. The van der Waals surface area contributed by atoms with Gasteiger partial charge in [-0.3, -0.25) is 14.3 Å². The number of halogens is 1. The first-order chi connectivity index (χ1) is 9.95. The summed E-state index contributed by atoms with van der Waals surface area (Å²) >= 11 is 5.75. The summed E-state index contributed by atoms with van der Waals surface area (Å²) in [5.74, 6) is -0.705. The lowest BCUT2D eigenvalue weighted by atomic mass is 10.3. The van der Waals surface area contributed by atoms with Gasteiger partial charge in [0, 0.05) is 23.5 Å². The van der Waals surface area contributed by atoms with Crippen LogP contribution >= 0.6 is 11.6 Å². The number of aryl methyl sites for hydroxylation is 2. The Bertz CT molecular complexity index is 645. The topological polar surface area (TPSA) is 76.0 Å². The SMILES string of the molecule is Cc1cc(C(=O)NCC(=O)Nc2ccc(Cl)cc2)nn1C. The Hall–Kier alpha value is -2.34. The highest BCUT2D eigenvalue weighted by Gasteiger charge is 2.12. The molecule has 0 unspecified atom stereocenters. The fourth-order valence-electron chi connectivity index (χ4n) is 1.66. The summed E-state index contributed by atoms with van der Waals surface area (Å²) in [6.07, 6.45) is 0. The highest BCUT2D eigenvalue weighted by Crippen LogP contribution is 2.13. The third-order valence-corrected chi connectivity index (χ3v) is 3.14. The standard InChI is InChI=1S/C14H15ClN4O2/c1-9-7-12(18-19(9)2)14(21)16-8-13(20)17-11-5-3-10(15)4-6-11/h3-7H,8H2,1-2H3,(H,16,21)(H,17,20). The Morgan fingerprint density at radius 2 is 1.95 bits per heavy atom. The Morgan fingerprint density at radius 1 is 1.29 bits per heavy atom. The van der Waals surface area contributed by atoms with E-state index in [0.717, 1.165) is 5.69 Å². The van der Waals surface area contributed by atoms with Gasteiger partial charge >= 0.3 is 0 Å². The van der Waals surface area contributed by atoms with Gasteiger partial charge in [-0.15, -0.1) is 0 Å². The van der Waals surface area contributed by atoms with Crippen molar-refractivity contribution in [1.29, 1.82) is 0 Å². The number of aromatic nitrogens is 2. The summed E-state index contributed by atoms with van der Waals surface area (Å²) in [5.41, 5.74) is 1.77. The van der Waals surface area contributed by atoms with E-state index in [0.29, 0.717) is 10.7 Å². The second-order valence-electron chi connectivity index (χ2n) is 4.53.